The van der Waals surface area contributed by atoms with Gasteiger partial charge in [-0.05, 0) is 31.2 Å². The monoisotopic (exact) mass is 222 g/mol. The number of hydrogen-bond donors (Lipinski definition) is 3. The highest BCUT2D eigenvalue weighted by Crippen LogP contribution is 2.04. The van der Waals surface area contributed by atoms with E-state index >= 15 is 0 Å². The first-order valence-electron chi connectivity index (χ1n) is 4.96. The van der Waals surface area contributed by atoms with E-state index in [9.17, 15) is 9.59 Å². The molecule has 0 aliphatic carbocycles. The predicted molar refractivity (Wildman–Crippen MR) is 59.0 cm³/mol. The zero-order valence-corrected chi connectivity index (χ0v) is 8.99. The molecule has 5 heteroatoms. The van der Waals surface area contributed by atoms with Gasteiger partial charge in [-0.2, -0.15) is 0 Å². The van der Waals surface area contributed by atoms with E-state index < -0.39 is 6.73 Å². The second kappa shape index (κ2) is 5.87. The summed E-state index contributed by atoms with van der Waals surface area (Å²) in [5, 5.41) is 13.4. The van der Waals surface area contributed by atoms with E-state index in [1.54, 1.807) is 12.1 Å². The zero-order chi connectivity index (χ0) is 12.0. The summed E-state index contributed by atoms with van der Waals surface area (Å²) in [6.07, 6.45) is 0. The number of carbonyl (C=O) groups excluding carboxylic acids is 2. The number of benzene rings is 1. The van der Waals surface area contributed by atoms with E-state index in [4.69, 9.17) is 5.11 Å². The van der Waals surface area contributed by atoms with Crippen LogP contribution in [0.4, 0.5) is 0 Å². The molecule has 1 aromatic carbocycles. The Kier molecular flexibility index (Phi) is 4.47. The van der Waals surface area contributed by atoms with E-state index in [0.29, 0.717) is 17.7 Å². The molecular weight excluding hydrogens is 208 g/mol. The maximum absolute atomic E-state index is 11.4. The van der Waals surface area contributed by atoms with Gasteiger partial charge in [0, 0.05) is 17.7 Å². The average molecular weight is 222 g/mol. The minimum Gasteiger partial charge on any atom is -0.376 e. The van der Waals surface area contributed by atoms with Gasteiger partial charge in [0.2, 0.25) is 0 Å². The van der Waals surface area contributed by atoms with E-state index in [0.717, 1.165) is 0 Å². The maximum Gasteiger partial charge on any atom is 0.253 e. The van der Waals surface area contributed by atoms with Gasteiger partial charge in [-0.3, -0.25) is 9.59 Å². The smallest absolute Gasteiger partial charge is 0.253 e. The summed E-state index contributed by atoms with van der Waals surface area (Å²) in [4.78, 5) is 22.7. The summed E-state index contributed by atoms with van der Waals surface area (Å²) < 4.78 is 0. The van der Waals surface area contributed by atoms with Gasteiger partial charge in [0.25, 0.3) is 11.8 Å². The van der Waals surface area contributed by atoms with Crippen LogP contribution in [-0.2, 0) is 0 Å². The number of nitrogens with one attached hydrogen (secondary N) is 2. The van der Waals surface area contributed by atoms with Crippen LogP contribution in [0.1, 0.15) is 27.6 Å². The molecule has 16 heavy (non-hydrogen) atoms. The predicted octanol–water partition coefficient (Wildman–Crippen LogP) is 0.116. The van der Waals surface area contributed by atoms with Crippen LogP contribution in [0, 0.1) is 0 Å². The van der Waals surface area contributed by atoms with Gasteiger partial charge < -0.3 is 15.7 Å². The van der Waals surface area contributed by atoms with E-state index in [2.05, 4.69) is 10.6 Å². The minimum atomic E-state index is -0.406. The second-order valence-corrected chi connectivity index (χ2v) is 3.10. The lowest BCUT2D eigenvalue weighted by Gasteiger charge is -2.04. The highest BCUT2D eigenvalue weighted by atomic mass is 16.3. The van der Waals surface area contributed by atoms with E-state index in [-0.39, 0.29) is 11.8 Å². The van der Waals surface area contributed by atoms with Gasteiger partial charge in [0.1, 0.15) is 6.73 Å². The largest absolute Gasteiger partial charge is 0.376 e. The van der Waals surface area contributed by atoms with Crippen LogP contribution in [0.3, 0.4) is 0 Å². The Morgan fingerprint density at radius 3 is 1.88 bits per heavy atom. The van der Waals surface area contributed by atoms with Gasteiger partial charge in [-0.25, -0.2) is 0 Å². The van der Waals surface area contributed by atoms with E-state index in [1.807, 2.05) is 6.92 Å². The lowest BCUT2D eigenvalue weighted by molar-refractivity contribution is 0.0907. The van der Waals surface area contributed by atoms with Crippen molar-refractivity contribution in [3.05, 3.63) is 35.4 Å². The maximum atomic E-state index is 11.4. The number of hydrogen-bond acceptors (Lipinski definition) is 3. The highest BCUT2D eigenvalue weighted by Gasteiger charge is 2.07. The van der Waals surface area contributed by atoms with Crippen LogP contribution in [0.25, 0.3) is 0 Å². The normalized spacial score (nSPS) is 9.62. The minimum absolute atomic E-state index is 0.170. The van der Waals surface area contributed by atoms with Crippen LogP contribution >= 0.6 is 0 Å². The summed E-state index contributed by atoms with van der Waals surface area (Å²) in [6.45, 7) is 1.99. The molecule has 0 aromatic heterocycles. The SMILES string of the molecule is CCNC(=O)c1ccc(C(=O)NCO)cc1. The van der Waals surface area contributed by atoms with Crippen molar-refractivity contribution in [2.75, 3.05) is 13.3 Å². The number of aliphatic hydroxyl groups excluding tert-OH is 1. The Hall–Kier alpha value is -1.88. The molecule has 0 radical (unpaired) electrons. The lowest BCUT2D eigenvalue weighted by Crippen LogP contribution is -2.25. The third-order valence-corrected chi connectivity index (χ3v) is 1.99. The third kappa shape index (κ3) is 3.06. The quantitative estimate of drug-likeness (QED) is 0.633. The molecule has 3 N–H and O–H groups in total. The Morgan fingerprint density at radius 1 is 1.06 bits per heavy atom. The molecule has 1 aromatic rings. The van der Waals surface area contributed by atoms with Crippen LogP contribution in [-0.4, -0.2) is 30.2 Å². The number of carbonyl (C=O) groups is 2. The fourth-order valence-corrected chi connectivity index (χ4v) is 1.21. The Bertz CT molecular complexity index is 336. The first-order valence-corrected chi connectivity index (χ1v) is 4.96. The molecule has 2 amide bonds. The summed E-state index contributed by atoms with van der Waals surface area (Å²) in [5.41, 5.74) is 0.907. The number of aliphatic hydroxyl groups is 1. The molecule has 0 fully saturated rings. The molecule has 0 aliphatic heterocycles. The van der Waals surface area contributed by atoms with Crippen molar-refractivity contribution in [1.82, 2.24) is 10.6 Å². The topological polar surface area (TPSA) is 78.4 Å². The first kappa shape index (κ1) is 12.2. The van der Waals surface area contributed by atoms with Crippen molar-refractivity contribution < 1.29 is 14.7 Å². The summed E-state index contributed by atoms with van der Waals surface area (Å²) >= 11 is 0. The van der Waals surface area contributed by atoms with Crippen molar-refractivity contribution in [3.8, 4) is 0 Å². The van der Waals surface area contributed by atoms with Crippen molar-refractivity contribution in [2.45, 2.75) is 6.92 Å². The van der Waals surface area contributed by atoms with Crippen molar-refractivity contribution >= 4 is 11.8 Å². The van der Waals surface area contributed by atoms with Crippen LogP contribution in [0.2, 0.25) is 0 Å². The second-order valence-electron chi connectivity index (χ2n) is 3.10. The van der Waals surface area contributed by atoms with Crippen molar-refractivity contribution in [1.29, 1.82) is 0 Å². The number of amides is 2. The molecule has 1 rings (SSSR count). The fourth-order valence-electron chi connectivity index (χ4n) is 1.21. The Labute approximate surface area is 93.5 Å². The van der Waals surface area contributed by atoms with Gasteiger partial charge in [-0.15, -0.1) is 0 Å². The van der Waals surface area contributed by atoms with Gasteiger partial charge in [0.05, 0.1) is 0 Å². The van der Waals surface area contributed by atoms with Crippen LogP contribution in [0.15, 0.2) is 24.3 Å². The summed E-state index contributed by atoms with van der Waals surface area (Å²) in [5.74, 6) is -0.540. The molecule has 0 spiro atoms. The van der Waals surface area contributed by atoms with Crippen LogP contribution < -0.4 is 10.6 Å². The lowest BCUT2D eigenvalue weighted by atomic mass is 10.1. The molecule has 5 nitrogen and oxygen atoms in total. The fraction of sp³-hybridized carbons (Fsp3) is 0.273. The Balaban J connectivity index is 2.75. The Morgan fingerprint density at radius 2 is 1.50 bits per heavy atom. The molecule has 0 unspecified atom stereocenters. The number of rotatable bonds is 4. The molecule has 0 atom stereocenters. The van der Waals surface area contributed by atoms with Crippen LogP contribution in [0.5, 0.6) is 0 Å². The highest BCUT2D eigenvalue weighted by molar-refractivity contribution is 5.97. The third-order valence-electron chi connectivity index (χ3n) is 1.99. The first-order chi connectivity index (χ1) is 7.69. The molecular formula is C11H14N2O3. The molecule has 0 heterocycles. The van der Waals surface area contributed by atoms with E-state index in [1.165, 1.54) is 12.1 Å². The van der Waals surface area contributed by atoms with Crippen molar-refractivity contribution in [3.63, 3.8) is 0 Å². The molecule has 86 valence electrons. The zero-order valence-electron chi connectivity index (χ0n) is 8.99. The molecule has 0 aliphatic rings. The van der Waals surface area contributed by atoms with Gasteiger partial charge in [-0.1, -0.05) is 0 Å². The molecule has 0 saturated heterocycles. The average Bonchev–Trinajstić information content (AvgIpc) is 2.30. The summed E-state index contributed by atoms with van der Waals surface area (Å²) in [7, 11) is 0. The summed E-state index contributed by atoms with van der Waals surface area (Å²) in [6, 6.07) is 6.21. The van der Waals surface area contributed by atoms with Crippen molar-refractivity contribution in [2.24, 2.45) is 0 Å². The van der Waals surface area contributed by atoms with Gasteiger partial charge >= 0.3 is 0 Å². The molecule has 0 bridgehead atoms. The van der Waals surface area contributed by atoms with Gasteiger partial charge in [0.15, 0.2) is 0 Å². The standard InChI is InChI=1S/C11H14N2O3/c1-2-12-10(15)8-3-5-9(6-4-8)11(16)13-7-14/h3-6,14H,2,7H2,1H3,(H,12,15)(H,13,16). The molecule has 0 saturated carbocycles.